The van der Waals surface area contributed by atoms with E-state index in [-0.39, 0.29) is 11.5 Å². The highest BCUT2D eigenvalue weighted by atomic mass is 32.2. The highest BCUT2D eigenvalue weighted by Gasteiger charge is 2.48. The summed E-state index contributed by atoms with van der Waals surface area (Å²) in [5.41, 5.74) is 6.62. The Balaban J connectivity index is 2.27. The van der Waals surface area contributed by atoms with Gasteiger partial charge >= 0.3 is 0 Å². The SMILES string of the molecule is CNC1(C2CC2)C=CC(N)=CC1CS(C)=O. The van der Waals surface area contributed by atoms with Gasteiger partial charge in [-0.3, -0.25) is 4.21 Å². The fraction of sp³-hybridized carbons (Fsp3) is 0.667. The van der Waals surface area contributed by atoms with Crippen molar-refractivity contribution in [2.75, 3.05) is 19.1 Å². The van der Waals surface area contributed by atoms with E-state index in [4.69, 9.17) is 5.73 Å². The van der Waals surface area contributed by atoms with Crippen molar-refractivity contribution < 1.29 is 4.21 Å². The van der Waals surface area contributed by atoms with E-state index in [9.17, 15) is 4.21 Å². The Hall–Kier alpha value is -0.610. The van der Waals surface area contributed by atoms with Crippen molar-refractivity contribution in [3.63, 3.8) is 0 Å². The highest BCUT2D eigenvalue weighted by molar-refractivity contribution is 7.84. The Morgan fingerprint density at radius 3 is 2.81 bits per heavy atom. The van der Waals surface area contributed by atoms with Gasteiger partial charge in [-0.15, -0.1) is 0 Å². The monoisotopic (exact) mass is 240 g/mol. The molecule has 2 aliphatic carbocycles. The van der Waals surface area contributed by atoms with Gasteiger partial charge in [-0.25, -0.2) is 0 Å². The number of rotatable bonds is 4. The maximum Gasteiger partial charge on any atom is 0.0467 e. The van der Waals surface area contributed by atoms with Gasteiger partial charge < -0.3 is 11.1 Å². The van der Waals surface area contributed by atoms with Gasteiger partial charge in [-0.05, 0) is 31.9 Å². The predicted octanol–water partition coefficient (Wildman–Crippen LogP) is 0.762. The lowest BCUT2D eigenvalue weighted by molar-refractivity contribution is 0.305. The number of nitrogens with one attached hydrogen (secondary N) is 1. The van der Waals surface area contributed by atoms with Crippen LogP contribution in [0.1, 0.15) is 12.8 Å². The Labute approximate surface area is 99.6 Å². The zero-order valence-corrected chi connectivity index (χ0v) is 10.7. The maximum atomic E-state index is 11.5. The van der Waals surface area contributed by atoms with Crippen molar-refractivity contribution in [2.24, 2.45) is 17.6 Å². The van der Waals surface area contributed by atoms with Crippen molar-refractivity contribution in [3.8, 4) is 0 Å². The standard InChI is InChI=1S/C12H20N2OS/c1-14-12(9-3-4-9)6-5-11(13)7-10(12)8-16(2)15/h5-7,9-10,14H,3-4,8,13H2,1-2H3. The van der Waals surface area contributed by atoms with Gasteiger partial charge in [0.15, 0.2) is 0 Å². The van der Waals surface area contributed by atoms with Crippen molar-refractivity contribution >= 4 is 10.8 Å². The summed E-state index contributed by atoms with van der Waals surface area (Å²) in [6.07, 6.45) is 10.5. The molecule has 0 heterocycles. The average Bonchev–Trinajstić information content (AvgIpc) is 3.02. The number of allylic oxidation sites excluding steroid dienone is 1. The molecule has 2 aliphatic rings. The van der Waals surface area contributed by atoms with Crippen LogP contribution >= 0.6 is 0 Å². The molecule has 0 amide bonds. The largest absolute Gasteiger partial charge is 0.399 e. The molecule has 0 aliphatic heterocycles. The number of likely N-dealkylation sites (N-methyl/N-ethyl adjacent to an activating group) is 1. The third-order valence-electron chi connectivity index (χ3n) is 3.66. The van der Waals surface area contributed by atoms with Gasteiger partial charge in [0, 0.05) is 40.0 Å². The van der Waals surface area contributed by atoms with Crippen LogP contribution in [0.15, 0.2) is 23.9 Å². The van der Waals surface area contributed by atoms with Crippen molar-refractivity contribution in [3.05, 3.63) is 23.9 Å². The Kier molecular flexibility index (Phi) is 3.22. The molecule has 3 unspecified atom stereocenters. The number of hydrogen-bond donors (Lipinski definition) is 2. The molecule has 0 aromatic carbocycles. The van der Waals surface area contributed by atoms with Crippen LogP contribution in [0.3, 0.4) is 0 Å². The molecular weight excluding hydrogens is 220 g/mol. The molecule has 0 spiro atoms. The van der Waals surface area contributed by atoms with Crippen molar-refractivity contribution in [1.82, 2.24) is 5.32 Å². The fourth-order valence-corrected chi connectivity index (χ4v) is 3.57. The number of nitrogens with two attached hydrogens (primary N) is 1. The van der Waals surface area contributed by atoms with Crippen molar-refractivity contribution in [2.45, 2.75) is 18.4 Å². The third kappa shape index (κ3) is 2.09. The minimum atomic E-state index is -0.789. The van der Waals surface area contributed by atoms with E-state index >= 15 is 0 Å². The molecule has 2 rings (SSSR count). The van der Waals surface area contributed by atoms with E-state index in [0.29, 0.717) is 11.7 Å². The molecule has 0 saturated heterocycles. The quantitative estimate of drug-likeness (QED) is 0.763. The van der Waals surface area contributed by atoms with E-state index in [1.54, 1.807) is 6.26 Å². The van der Waals surface area contributed by atoms with E-state index in [2.05, 4.69) is 17.5 Å². The molecule has 1 fully saturated rings. The summed E-state index contributed by atoms with van der Waals surface area (Å²) in [6.45, 7) is 0. The van der Waals surface area contributed by atoms with Crippen LogP contribution in [0.4, 0.5) is 0 Å². The third-order valence-corrected chi connectivity index (χ3v) is 4.49. The van der Waals surface area contributed by atoms with Crippen LogP contribution in [-0.2, 0) is 10.8 Å². The zero-order valence-electron chi connectivity index (χ0n) is 9.90. The fourth-order valence-electron chi connectivity index (χ4n) is 2.70. The normalized spacial score (nSPS) is 35.9. The summed E-state index contributed by atoms with van der Waals surface area (Å²) in [6, 6.07) is 0. The summed E-state index contributed by atoms with van der Waals surface area (Å²) in [5, 5.41) is 3.43. The maximum absolute atomic E-state index is 11.5. The molecule has 4 heteroatoms. The lowest BCUT2D eigenvalue weighted by Gasteiger charge is -2.39. The Morgan fingerprint density at radius 1 is 1.62 bits per heavy atom. The smallest absolute Gasteiger partial charge is 0.0467 e. The Morgan fingerprint density at radius 2 is 2.31 bits per heavy atom. The lowest BCUT2D eigenvalue weighted by Crippen LogP contribution is -2.52. The first-order valence-corrected chi connectivity index (χ1v) is 7.46. The summed E-state index contributed by atoms with van der Waals surface area (Å²) in [5.74, 6) is 1.61. The summed E-state index contributed by atoms with van der Waals surface area (Å²) < 4.78 is 11.5. The molecular formula is C12H20N2OS. The van der Waals surface area contributed by atoms with E-state index in [1.165, 1.54) is 12.8 Å². The molecule has 3 nitrogen and oxygen atoms in total. The van der Waals surface area contributed by atoms with Gasteiger partial charge in [0.25, 0.3) is 0 Å². The molecule has 1 saturated carbocycles. The van der Waals surface area contributed by atoms with E-state index in [1.807, 2.05) is 13.1 Å². The Bertz CT molecular complexity index is 360. The summed E-state index contributed by atoms with van der Waals surface area (Å²) in [4.78, 5) is 0. The first kappa shape index (κ1) is 11.9. The minimum Gasteiger partial charge on any atom is -0.399 e. The minimum absolute atomic E-state index is 0.0193. The molecule has 90 valence electrons. The van der Waals surface area contributed by atoms with Crippen LogP contribution in [-0.4, -0.2) is 28.8 Å². The van der Waals surface area contributed by atoms with E-state index < -0.39 is 10.8 Å². The van der Waals surface area contributed by atoms with Crippen LogP contribution in [0.25, 0.3) is 0 Å². The first-order valence-electron chi connectivity index (χ1n) is 5.74. The summed E-state index contributed by atoms with van der Waals surface area (Å²) >= 11 is 0. The van der Waals surface area contributed by atoms with Gasteiger partial charge in [-0.1, -0.05) is 12.2 Å². The molecule has 16 heavy (non-hydrogen) atoms. The van der Waals surface area contributed by atoms with Gasteiger partial charge in [0.1, 0.15) is 0 Å². The first-order chi connectivity index (χ1) is 7.58. The second-order valence-corrected chi connectivity index (χ2v) is 6.28. The second-order valence-electron chi connectivity index (χ2n) is 4.80. The molecule has 3 atom stereocenters. The average molecular weight is 240 g/mol. The molecule has 0 radical (unpaired) electrons. The highest BCUT2D eigenvalue weighted by Crippen LogP contribution is 2.46. The van der Waals surface area contributed by atoms with Crippen LogP contribution in [0.2, 0.25) is 0 Å². The van der Waals surface area contributed by atoms with Crippen LogP contribution < -0.4 is 11.1 Å². The van der Waals surface area contributed by atoms with E-state index in [0.717, 1.165) is 5.70 Å². The molecule has 0 aromatic heterocycles. The van der Waals surface area contributed by atoms with Gasteiger partial charge in [0.2, 0.25) is 0 Å². The number of hydrogen-bond acceptors (Lipinski definition) is 3. The van der Waals surface area contributed by atoms with Gasteiger partial charge in [-0.2, -0.15) is 0 Å². The summed E-state index contributed by atoms with van der Waals surface area (Å²) in [7, 11) is 1.20. The molecule has 0 bridgehead atoms. The molecule has 3 N–H and O–H groups in total. The van der Waals surface area contributed by atoms with Crippen LogP contribution in [0.5, 0.6) is 0 Å². The lowest BCUT2D eigenvalue weighted by atomic mass is 9.77. The topological polar surface area (TPSA) is 55.1 Å². The van der Waals surface area contributed by atoms with Crippen LogP contribution in [0, 0.1) is 11.8 Å². The van der Waals surface area contributed by atoms with Gasteiger partial charge in [0.05, 0.1) is 0 Å². The molecule has 0 aromatic rings. The zero-order chi connectivity index (χ0) is 11.8. The predicted molar refractivity (Wildman–Crippen MR) is 68.3 cm³/mol. The second kappa shape index (κ2) is 4.34. The van der Waals surface area contributed by atoms with Crippen molar-refractivity contribution in [1.29, 1.82) is 0 Å².